The zero-order valence-corrected chi connectivity index (χ0v) is 19.3. The van der Waals surface area contributed by atoms with Gasteiger partial charge in [-0.1, -0.05) is 31.0 Å². The second-order valence-electron chi connectivity index (χ2n) is 8.27. The zero-order valence-electron chi connectivity index (χ0n) is 19.3. The van der Waals surface area contributed by atoms with Crippen LogP contribution in [0.1, 0.15) is 49.9 Å². The van der Waals surface area contributed by atoms with Crippen molar-refractivity contribution in [1.82, 2.24) is 9.78 Å². The summed E-state index contributed by atoms with van der Waals surface area (Å²) >= 11 is 0. The molecule has 0 spiro atoms. The first kappa shape index (κ1) is 23.6. The lowest BCUT2D eigenvalue weighted by Crippen LogP contribution is -2.28. The van der Waals surface area contributed by atoms with Crippen LogP contribution in [0.3, 0.4) is 0 Å². The number of nitrogens with one attached hydrogen (secondary N) is 1. The van der Waals surface area contributed by atoms with Crippen LogP contribution in [0.15, 0.2) is 53.3 Å². The Kier molecular flexibility index (Phi) is 7.37. The van der Waals surface area contributed by atoms with Crippen LogP contribution >= 0.6 is 0 Å². The summed E-state index contributed by atoms with van der Waals surface area (Å²) in [5.41, 5.74) is 1.06. The minimum Gasteiger partial charge on any atom is -0.468 e. The Hall–Kier alpha value is -3.52. The molecular weight excluding hydrogens is 437 g/mol. The molecule has 1 fully saturated rings. The molecule has 178 valence electrons. The van der Waals surface area contributed by atoms with E-state index in [0.29, 0.717) is 29.2 Å². The smallest absolute Gasteiger partial charge is 0.291 e. The average Bonchev–Trinajstić information content (AvgIpc) is 3.34. The number of carbonyl (C=O) groups excluding carboxylic acids is 1. The number of ketones is 1. The van der Waals surface area contributed by atoms with Gasteiger partial charge in [0.15, 0.2) is 12.6 Å². The molecule has 0 bridgehead atoms. The molecule has 1 saturated carbocycles. The van der Waals surface area contributed by atoms with Gasteiger partial charge in [0, 0.05) is 17.8 Å². The maximum absolute atomic E-state index is 13.7. The summed E-state index contributed by atoms with van der Waals surface area (Å²) in [5, 5.41) is 7.41. The van der Waals surface area contributed by atoms with Crippen molar-refractivity contribution in [2.24, 2.45) is 0 Å². The van der Waals surface area contributed by atoms with Gasteiger partial charge in [-0.25, -0.2) is 9.07 Å². The molecule has 8 heteroatoms. The molecule has 0 atom stereocenters. The first-order chi connectivity index (χ1) is 16.5. The standard InChI is InChI=1S/C26H28FN3O4/c1-3-30-26(32)25(28-20-10-7-9-19(27)15-20)23(17(2)31)24(29-30)18-8-6-13-22(14-18)34-16-33-21-11-4-5-12-21/h6-10,13-15,21,28H,3-5,11-12,16H2,1-2H3. The molecule has 1 aliphatic carbocycles. The predicted molar refractivity (Wildman–Crippen MR) is 128 cm³/mol. The third-order valence-corrected chi connectivity index (χ3v) is 5.84. The van der Waals surface area contributed by atoms with Gasteiger partial charge >= 0.3 is 0 Å². The van der Waals surface area contributed by atoms with Gasteiger partial charge in [-0.3, -0.25) is 9.59 Å². The number of anilines is 2. The quantitative estimate of drug-likeness (QED) is 0.341. The monoisotopic (exact) mass is 465 g/mol. The summed E-state index contributed by atoms with van der Waals surface area (Å²) in [7, 11) is 0. The van der Waals surface area contributed by atoms with Crippen molar-refractivity contribution in [2.75, 3.05) is 12.1 Å². The molecule has 7 nitrogen and oxygen atoms in total. The highest BCUT2D eigenvalue weighted by molar-refractivity contribution is 6.05. The number of hydrogen-bond donors (Lipinski definition) is 1. The lowest BCUT2D eigenvalue weighted by Gasteiger charge is -2.17. The number of ether oxygens (including phenoxy) is 2. The number of nitrogens with zero attached hydrogens (tertiary/aromatic N) is 2. The summed E-state index contributed by atoms with van der Waals surface area (Å²) in [5.74, 6) is -0.220. The molecule has 0 unspecified atom stereocenters. The number of carbonyl (C=O) groups is 1. The molecule has 1 heterocycles. The number of Topliss-reactive ketones (excluding diaryl/α,β-unsaturated/α-hetero) is 1. The zero-order chi connectivity index (χ0) is 24.1. The normalized spacial score (nSPS) is 13.7. The molecule has 0 amide bonds. The van der Waals surface area contributed by atoms with Crippen molar-refractivity contribution in [3.05, 3.63) is 70.3 Å². The number of rotatable bonds is 9. The molecule has 0 aliphatic heterocycles. The third-order valence-electron chi connectivity index (χ3n) is 5.84. The number of aromatic nitrogens is 2. The van der Waals surface area contributed by atoms with Crippen LogP contribution in [0.5, 0.6) is 5.75 Å². The molecule has 1 aromatic heterocycles. The SMILES string of the molecule is CCn1nc(-c2cccc(OCOC3CCCC3)c2)c(C(C)=O)c(Nc2cccc(F)c2)c1=O. The Morgan fingerprint density at radius 2 is 1.94 bits per heavy atom. The fourth-order valence-corrected chi connectivity index (χ4v) is 4.14. The van der Waals surface area contributed by atoms with Crippen LogP contribution in [0.25, 0.3) is 11.3 Å². The first-order valence-corrected chi connectivity index (χ1v) is 11.5. The topological polar surface area (TPSA) is 82.4 Å². The predicted octanol–water partition coefficient (Wildman–Crippen LogP) is 5.31. The van der Waals surface area contributed by atoms with E-state index >= 15 is 0 Å². The van der Waals surface area contributed by atoms with Crippen molar-refractivity contribution in [2.45, 2.75) is 52.2 Å². The maximum Gasteiger partial charge on any atom is 0.291 e. The molecule has 34 heavy (non-hydrogen) atoms. The van der Waals surface area contributed by atoms with Gasteiger partial charge in [0.1, 0.15) is 22.9 Å². The fourth-order valence-electron chi connectivity index (χ4n) is 4.14. The summed E-state index contributed by atoms with van der Waals surface area (Å²) in [6.07, 6.45) is 4.69. The van der Waals surface area contributed by atoms with Crippen molar-refractivity contribution in [1.29, 1.82) is 0 Å². The summed E-state index contributed by atoms with van der Waals surface area (Å²) in [6, 6.07) is 12.9. The number of benzene rings is 2. The minimum absolute atomic E-state index is 0.0563. The van der Waals surface area contributed by atoms with Crippen LogP contribution in [-0.4, -0.2) is 28.5 Å². The van der Waals surface area contributed by atoms with E-state index in [1.165, 1.54) is 42.6 Å². The fraction of sp³-hybridized carbons (Fsp3) is 0.346. The Labute approximate surface area is 197 Å². The Bertz CT molecular complexity index is 1230. The van der Waals surface area contributed by atoms with E-state index < -0.39 is 11.4 Å². The highest BCUT2D eigenvalue weighted by Crippen LogP contribution is 2.30. The van der Waals surface area contributed by atoms with Gasteiger partial charge in [0.2, 0.25) is 0 Å². The van der Waals surface area contributed by atoms with Gasteiger partial charge in [-0.05, 0) is 57.0 Å². The summed E-state index contributed by atoms with van der Waals surface area (Å²) < 4.78 is 26.6. The molecular formula is C26H28FN3O4. The van der Waals surface area contributed by atoms with E-state index in [4.69, 9.17) is 9.47 Å². The second-order valence-corrected chi connectivity index (χ2v) is 8.27. The summed E-state index contributed by atoms with van der Waals surface area (Å²) in [4.78, 5) is 25.8. The van der Waals surface area contributed by atoms with E-state index in [1.54, 1.807) is 37.3 Å². The molecule has 1 aliphatic rings. The highest BCUT2D eigenvalue weighted by Gasteiger charge is 2.22. The molecule has 3 aromatic rings. The van der Waals surface area contributed by atoms with Crippen molar-refractivity contribution in [3.8, 4) is 17.0 Å². The van der Waals surface area contributed by atoms with E-state index in [-0.39, 0.29) is 29.9 Å². The Morgan fingerprint density at radius 1 is 1.18 bits per heavy atom. The Balaban J connectivity index is 1.71. The van der Waals surface area contributed by atoms with E-state index in [0.717, 1.165) is 12.8 Å². The maximum atomic E-state index is 13.7. The number of aryl methyl sites for hydroxylation is 1. The molecule has 0 saturated heterocycles. The van der Waals surface area contributed by atoms with Gasteiger partial charge < -0.3 is 14.8 Å². The molecule has 2 aromatic carbocycles. The first-order valence-electron chi connectivity index (χ1n) is 11.5. The highest BCUT2D eigenvalue weighted by atomic mass is 19.1. The number of halogens is 1. The van der Waals surface area contributed by atoms with E-state index in [1.807, 2.05) is 0 Å². The van der Waals surface area contributed by atoms with E-state index in [9.17, 15) is 14.0 Å². The van der Waals surface area contributed by atoms with Crippen LogP contribution in [-0.2, 0) is 11.3 Å². The lowest BCUT2D eigenvalue weighted by atomic mass is 10.0. The molecule has 1 N–H and O–H groups in total. The third kappa shape index (κ3) is 5.34. The van der Waals surface area contributed by atoms with Gasteiger partial charge in [-0.2, -0.15) is 5.10 Å². The number of hydrogen-bond acceptors (Lipinski definition) is 6. The van der Waals surface area contributed by atoms with E-state index in [2.05, 4.69) is 10.4 Å². The van der Waals surface area contributed by atoms with Crippen molar-refractivity contribution in [3.63, 3.8) is 0 Å². The van der Waals surface area contributed by atoms with Gasteiger partial charge in [-0.15, -0.1) is 0 Å². The van der Waals surface area contributed by atoms with Crippen LogP contribution < -0.4 is 15.6 Å². The van der Waals surface area contributed by atoms with Crippen LogP contribution in [0.2, 0.25) is 0 Å². The van der Waals surface area contributed by atoms with Crippen LogP contribution in [0, 0.1) is 5.82 Å². The van der Waals surface area contributed by atoms with Crippen molar-refractivity contribution < 1.29 is 18.7 Å². The Morgan fingerprint density at radius 3 is 2.65 bits per heavy atom. The lowest BCUT2D eigenvalue weighted by molar-refractivity contribution is -0.0324. The largest absolute Gasteiger partial charge is 0.468 e. The molecule has 4 rings (SSSR count). The summed E-state index contributed by atoms with van der Waals surface area (Å²) in [6.45, 7) is 3.61. The molecule has 0 radical (unpaired) electrons. The second kappa shape index (κ2) is 10.6. The van der Waals surface area contributed by atoms with Crippen molar-refractivity contribution >= 4 is 17.2 Å². The van der Waals surface area contributed by atoms with Gasteiger partial charge in [0.05, 0.1) is 11.7 Å². The minimum atomic E-state index is -0.460. The van der Waals surface area contributed by atoms with Gasteiger partial charge in [0.25, 0.3) is 5.56 Å². The van der Waals surface area contributed by atoms with Crippen LogP contribution in [0.4, 0.5) is 15.8 Å². The average molecular weight is 466 g/mol.